The number of hydrogen-bond donors (Lipinski definition) is 1. The molecule has 0 saturated carbocycles. The average Bonchev–Trinajstić information content (AvgIpc) is 3.36. The Morgan fingerprint density at radius 2 is 1.53 bits per heavy atom. The number of nitrogens with zero attached hydrogens (tertiary/aromatic N) is 1. The SMILES string of the molecule is CCOC(=O)C1=C(C)NC(C)=C(C(=O)OCC)C1c1c(C)noc1C(Cc1cccc(OC)c1)S(=O)(=O)c1ccccc1. The van der Waals surface area contributed by atoms with Gasteiger partial charge in [-0.2, -0.15) is 0 Å². The van der Waals surface area contributed by atoms with Crippen molar-refractivity contribution in [3.8, 4) is 5.75 Å². The molecular formula is C32H36N2O8S. The molecule has 1 aliphatic rings. The van der Waals surface area contributed by atoms with Crippen molar-refractivity contribution in [2.24, 2.45) is 0 Å². The van der Waals surface area contributed by atoms with Crippen molar-refractivity contribution in [3.05, 3.63) is 99.7 Å². The number of carbonyl (C=O) groups is 2. The first-order chi connectivity index (χ1) is 20.5. The number of benzene rings is 2. The predicted molar refractivity (Wildman–Crippen MR) is 159 cm³/mol. The van der Waals surface area contributed by atoms with Crippen LogP contribution in [0.1, 0.15) is 61.4 Å². The minimum atomic E-state index is -4.10. The third kappa shape index (κ3) is 6.36. The molecule has 4 rings (SSSR count). The molecule has 2 heterocycles. The fourth-order valence-corrected chi connectivity index (χ4v) is 7.08. The van der Waals surface area contributed by atoms with Crippen LogP contribution in [0.5, 0.6) is 5.75 Å². The van der Waals surface area contributed by atoms with Crippen LogP contribution in [0.15, 0.2) is 86.6 Å². The number of nitrogens with one attached hydrogen (secondary N) is 1. The molecule has 0 amide bonds. The zero-order chi connectivity index (χ0) is 31.3. The lowest BCUT2D eigenvalue weighted by atomic mass is 9.79. The van der Waals surface area contributed by atoms with E-state index in [4.69, 9.17) is 18.7 Å². The summed E-state index contributed by atoms with van der Waals surface area (Å²) in [5, 5.41) is 6.01. The molecule has 1 aromatic heterocycles. The van der Waals surface area contributed by atoms with Gasteiger partial charge in [-0.25, -0.2) is 18.0 Å². The summed E-state index contributed by atoms with van der Waals surface area (Å²) in [7, 11) is -2.57. The number of carbonyl (C=O) groups excluding carboxylic acids is 2. The lowest BCUT2D eigenvalue weighted by Gasteiger charge is -2.31. The van der Waals surface area contributed by atoms with Gasteiger partial charge in [0.1, 0.15) is 11.0 Å². The van der Waals surface area contributed by atoms with Crippen LogP contribution in [0.25, 0.3) is 0 Å². The highest BCUT2D eigenvalue weighted by molar-refractivity contribution is 7.91. The third-order valence-corrected chi connectivity index (χ3v) is 9.33. The van der Waals surface area contributed by atoms with Crippen LogP contribution < -0.4 is 10.1 Å². The first-order valence-electron chi connectivity index (χ1n) is 14.0. The van der Waals surface area contributed by atoms with Gasteiger partial charge in [0, 0.05) is 17.0 Å². The highest BCUT2D eigenvalue weighted by Gasteiger charge is 2.44. The molecule has 11 heteroatoms. The van der Waals surface area contributed by atoms with Gasteiger partial charge in [-0.05, 0) is 70.9 Å². The van der Waals surface area contributed by atoms with Crippen LogP contribution in [0.2, 0.25) is 0 Å². The molecule has 0 aliphatic carbocycles. The Bertz CT molecular complexity index is 1630. The standard InChI is InChI=1S/C32H36N2O8S/c1-7-40-31(35)27-19(3)33-20(4)28(32(36)41-8-2)29(27)26-21(5)34-42-30(26)25(18-22-13-12-14-23(17-22)39-6)43(37,38)24-15-10-9-11-16-24/h9-17,25,29,33H,7-8,18H2,1-6H3. The summed E-state index contributed by atoms with van der Waals surface area (Å²) < 4.78 is 50.8. The van der Waals surface area contributed by atoms with Gasteiger partial charge in [0.2, 0.25) is 0 Å². The summed E-state index contributed by atoms with van der Waals surface area (Å²) in [6.45, 7) is 8.59. The van der Waals surface area contributed by atoms with Gasteiger partial charge in [0.25, 0.3) is 0 Å². The van der Waals surface area contributed by atoms with Crippen LogP contribution in [0, 0.1) is 6.92 Å². The number of rotatable bonds is 11. The molecule has 0 fully saturated rings. The molecular weight excluding hydrogens is 572 g/mol. The molecule has 228 valence electrons. The maximum atomic E-state index is 14.4. The molecule has 10 nitrogen and oxygen atoms in total. The van der Waals surface area contributed by atoms with E-state index in [0.29, 0.717) is 34.0 Å². The molecule has 3 aromatic rings. The van der Waals surface area contributed by atoms with Crippen molar-refractivity contribution in [3.63, 3.8) is 0 Å². The number of allylic oxidation sites excluding steroid dienone is 2. The zero-order valence-electron chi connectivity index (χ0n) is 25.1. The number of ether oxygens (including phenoxy) is 3. The van der Waals surface area contributed by atoms with E-state index < -0.39 is 32.9 Å². The van der Waals surface area contributed by atoms with E-state index in [0.717, 1.165) is 0 Å². The Labute approximate surface area is 251 Å². The van der Waals surface area contributed by atoms with Gasteiger partial charge in [-0.1, -0.05) is 35.5 Å². The topological polar surface area (TPSA) is 134 Å². The van der Waals surface area contributed by atoms with Crippen molar-refractivity contribution in [1.29, 1.82) is 0 Å². The number of methoxy groups -OCH3 is 1. The Kier molecular flexibility index (Phi) is 9.75. The highest BCUT2D eigenvalue weighted by atomic mass is 32.2. The van der Waals surface area contributed by atoms with Crippen LogP contribution >= 0.6 is 0 Å². The van der Waals surface area contributed by atoms with Crippen molar-refractivity contribution >= 4 is 21.8 Å². The first kappa shape index (κ1) is 31.6. The normalized spacial score (nSPS) is 14.7. The quantitative estimate of drug-likeness (QED) is 0.293. The summed E-state index contributed by atoms with van der Waals surface area (Å²) in [6.07, 6.45) is -0.00406. The van der Waals surface area contributed by atoms with Gasteiger partial charge < -0.3 is 24.1 Å². The molecule has 0 spiro atoms. The van der Waals surface area contributed by atoms with E-state index >= 15 is 0 Å². The number of esters is 2. The minimum Gasteiger partial charge on any atom is -0.497 e. The van der Waals surface area contributed by atoms with E-state index in [9.17, 15) is 18.0 Å². The molecule has 1 aliphatic heterocycles. The van der Waals surface area contributed by atoms with Crippen LogP contribution in [-0.2, 0) is 35.3 Å². The van der Waals surface area contributed by atoms with Gasteiger partial charge >= 0.3 is 11.9 Å². The molecule has 1 N–H and O–H groups in total. The number of aromatic nitrogens is 1. The van der Waals surface area contributed by atoms with Crippen molar-refractivity contribution < 1.29 is 36.7 Å². The van der Waals surface area contributed by atoms with E-state index in [1.54, 1.807) is 77.1 Å². The fraction of sp³-hybridized carbons (Fsp3) is 0.344. The maximum Gasteiger partial charge on any atom is 0.336 e. The van der Waals surface area contributed by atoms with Crippen LogP contribution in [0.4, 0.5) is 0 Å². The second-order valence-corrected chi connectivity index (χ2v) is 12.2. The van der Waals surface area contributed by atoms with Gasteiger partial charge in [0.15, 0.2) is 15.6 Å². The summed E-state index contributed by atoms with van der Waals surface area (Å²) in [4.78, 5) is 27.0. The molecule has 0 bridgehead atoms. The van der Waals surface area contributed by atoms with E-state index in [2.05, 4.69) is 10.5 Å². The smallest absolute Gasteiger partial charge is 0.336 e. The summed E-state index contributed by atoms with van der Waals surface area (Å²) >= 11 is 0. The van der Waals surface area contributed by atoms with Crippen molar-refractivity contribution in [2.75, 3.05) is 20.3 Å². The van der Waals surface area contributed by atoms with Crippen LogP contribution in [0.3, 0.4) is 0 Å². The van der Waals surface area contributed by atoms with Gasteiger partial charge in [-0.3, -0.25) is 0 Å². The minimum absolute atomic E-state index is 0.00406. The maximum absolute atomic E-state index is 14.4. The molecule has 43 heavy (non-hydrogen) atoms. The number of aryl methyl sites for hydroxylation is 1. The van der Waals surface area contributed by atoms with E-state index in [1.807, 2.05) is 0 Å². The Morgan fingerprint density at radius 1 is 0.930 bits per heavy atom. The monoisotopic (exact) mass is 608 g/mol. The Balaban J connectivity index is 2.01. The van der Waals surface area contributed by atoms with Crippen molar-refractivity contribution in [2.45, 2.75) is 57.1 Å². The summed E-state index contributed by atoms with van der Waals surface area (Å²) in [5.74, 6) is -1.81. The molecule has 0 radical (unpaired) electrons. The number of dihydropyridines is 1. The van der Waals surface area contributed by atoms with Crippen LogP contribution in [-0.4, -0.2) is 45.8 Å². The second-order valence-electron chi connectivity index (χ2n) is 10.0. The lowest BCUT2D eigenvalue weighted by Crippen LogP contribution is -2.33. The third-order valence-electron chi connectivity index (χ3n) is 7.27. The molecule has 1 unspecified atom stereocenters. The van der Waals surface area contributed by atoms with Gasteiger partial charge in [-0.15, -0.1) is 0 Å². The molecule has 0 saturated heterocycles. The Hall–Kier alpha value is -4.38. The first-order valence-corrected chi connectivity index (χ1v) is 15.5. The number of sulfone groups is 1. The summed E-state index contributed by atoms with van der Waals surface area (Å²) in [6, 6.07) is 15.1. The zero-order valence-corrected chi connectivity index (χ0v) is 25.9. The van der Waals surface area contributed by atoms with Crippen molar-refractivity contribution in [1.82, 2.24) is 10.5 Å². The molecule has 1 atom stereocenters. The number of hydrogen-bond acceptors (Lipinski definition) is 10. The largest absolute Gasteiger partial charge is 0.497 e. The second kappa shape index (κ2) is 13.3. The predicted octanol–water partition coefficient (Wildman–Crippen LogP) is 5.11. The van der Waals surface area contributed by atoms with E-state index in [-0.39, 0.29) is 41.4 Å². The summed E-state index contributed by atoms with van der Waals surface area (Å²) in [5.41, 5.74) is 2.47. The van der Waals surface area contributed by atoms with E-state index in [1.165, 1.54) is 19.2 Å². The van der Waals surface area contributed by atoms with Gasteiger partial charge in [0.05, 0.1) is 48.0 Å². The Morgan fingerprint density at radius 3 is 2.09 bits per heavy atom. The highest BCUT2D eigenvalue weighted by Crippen LogP contribution is 2.46. The lowest BCUT2D eigenvalue weighted by molar-refractivity contribution is -0.139. The fourth-order valence-electron chi connectivity index (χ4n) is 5.35. The molecule has 2 aromatic carbocycles. The average molecular weight is 609 g/mol.